The summed E-state index contributed by atoms with van der Waals surface area (Å²) in [5.41, 5.74) is 1.32. The summed E-state index contributed by atoms with van der Waals surface area (Å²) >= 11 is 0. The summed E-state index contributed by atoms with van der Waals surface area (Å²) in [6.07, 6.45) is 0. The third-order valence-electron chi connectivity index (χ3n) is 4.60. The van der Waals surface area contributed by atoms with E-state index in [9.17, 15) is 4.79 Å². The maximum Gasteiger partial charge on any atom is 0.141 e. The molecule has 0 aliphatic carbocycles. The first-order chi connectivity index (χ1) is 8.52. The highest BCUT2D eigenvalue weighted by molar-refractivity contribution is 5.84. The summed E-state index contributed by atoms with van der Waals surface area (Å²) in [5.74, 6) is 0.694. The van der Waals surface area contributed by atoms with Gasteiger partial charge in [-0.25, -0.2) is 0 Å². The molecule has 0 radical (unpaired) electrons. The van der Waals surface area contributed by atoms with Crippen LogP contribution in [0.2, 0.25) is 0 Å². The molecule has 2 nitrogen and oxygen atoms in total. The molecular weight excluding hydrogens is 222 g/mol. The van der Waals surface area contributed by atoms with Crippen LogP contribution >= 0.6 is 0 Å². The van der Waals surface area contributed by atoms with Crippen LogP contribution in [0.5, 0.6) is 0 Å². The van der Waals surface area contributed by atoms with E-state index in [-0.39, 0.29) is 11.8 Å². The Labute approximate surface area is 110 Å². The smallest absolute Gasteiger partial charge is 0.141 e. The lowest BCUT2D eigenvalue weighted by molar-refractivity contribution is -0.136. The molecule has 1 aliphatic heterocycles. The molecule has 4 atom stereocenters. The fourth-order valence-electron chi connectivity index (χ4n) is 2.92. The van der Waals surface area contributed by atoms with Crippen LogP contribution in [0.15, 0.2) is 30.3 Å². The van der Waals surface area contributed by atoms with E-state index in [1.165, 1.54) is 5.56 Å². The molecule has 1 aromatic rings. The number of carbonyl (C=O) groups is 1. The van der Waals surface area contributed by atoms with Crippen LogP contribution in [0.1, 0.15) is 33.3 Å². The summed E-state index contributed by atoms with van der Waals surface area (Å²) < 4.78 is 0. The van der Waals surface area contributed by atoms with Gasteiger partial charge in [-0.2, -0.15) is 0 Å². The van der Waals surface area contributed by atoms with E-state index in [4.69, 9.17) is 0 Å². The van der Waals surface area contributed by atoms with Gasteiger partial charge in [0.05, 0.1) is 0 Å². The quantitative estimate of drug-likeness (QED) is 0.798. The van der Waals surface area contributed by atoms with Gasteiger partial charge in [0.25, 0.3) is 0 Å². The number of carbonyl (C=O) groups excluding carboxylic acids is 1. The van der Waals surface area contributed by atoms with Crippen LogP contribution in [-0.2, 0) is 11.3 Å². The van der Waals surface area contributed by atoms with Crippen LogP contribution in [0.25, 0.3) is 0 Å². The molecule has 0 saturated carbocycles. The maximum absolute atomic E-state index is 12.1. The van der Waals surface area contributed by atoms with E-state index in [0.29, 0.717) is 17.9 Å². The zero-order valence-electron chi connectivity index (χ0n) is 11.8. The largest absolute Gasteiger partial charge is 0.299 e. The topological polar surface area (TPSA) is 20.3 Å². The van der Waals surface area contributed by atoms with Gasteiger partial charge in [0.15, 0.2) is 0 Å². The van der Waals surface area contributed by atoms with Gasteiger partial charge in [-0.1, -0.05) is 44.2 Å². The van der Waals surface area contributed by atoms with Crippen molar-refractivity contribution in [2.45, 2.75) is 46.3 Å². The molecule has 0 bridgehead atoms. The number of rotatable bonds is 2. The minimum atomic E-state index is 0.139. The summed E-state index contributed by atoms with van der Waals surface area (Å²) in [6, 6.07) is 11.2. The van der Waals surface area contributed by atoms with Crippen molar-refractivity contribution in [2.75, 3.05) is 0 Å². The number of nitrogens with zero attached hydrogens (tertiary/aromatic N) is 1. The van der Waals surface area contributed by atoms with Crippen LogP contribution in [-0.4, -0.2) is 22.8 Å². The van der Waals surface area contributed by atoms with Crippen molar-refractivity contribution in [2.24, 2.45) is 11.8 Å². The van der Waals surface area contributed by atoms with Gasteiger partial charge in [0.1, 0.15) is 5.78 Å². The van der Waals surface area contributed by atoms with Crippen molar-refractivity contribution < 1.29 is 4.79 Å². The number of benzene rings is 1. The summed E-state index contributed by atoms with van der Waals surface area (Å²) in [7, 11) is 0. The number of hydrogen-bond acceptors (Lipinski definition) is 2. The number of hydrogen-bond donors (Lipinski definition) is 0. The van der Waals surface area contributed by atoms with Crippen LogP contribution < -0.4 is 0 Å². The van der Waals surface area contributed by atoms with Crippen molar-refractivity contribution >= 4 is 5.78 Å². The molecule has 2 rings (SSSR count). The Bertz CT molecular complexity index is 396. The van der Waals surface area contributed by atoms with Gasteiger partial charge in [-0.05, 0) is 19.4 Å². The molecule has 0 spiro atoms. The summed E-state index contributed by atoms with van der Waals surface area (Å²) in [5, 5.41) is 0. The lowest BCUT2D eigenvalue weighted by Gasteiger charge is -2.45. The Morgan fingerprint density at radius 1 is 0.944 bits per heavy atom. The first-order valence-electron chi connectivity index (χ1n) is 6.85. The molecule has 0 amide bonds. The second-order valence-electron chi connectivity index (χ2n) is 5.62. The van der Waals surface area contributed by atoms with E-state index in [2.05, 4.69) is 56.9 Å². The summed E-state index contributed by atoms with van der Waals surface area (Å²) in [4.78, 5) is 14.6. The van der Waals surface area contributed by atoms with Gasteiger partial charge in [0, 0.05) is 30.5 Å². The zero-order valence-corrected chi connectivity index (χ0v) is 11.8. The molecule has 0 aromatic heterocycles. The lowest BCUT2D eigenvalue weighted by atomic mass is 9.80. The van der Waals surface area contributed by atoms with Crippen molar-refractivity contribution in [1.29, 1.82) is 0 Å². The van der Waals surface area contributed by atoms with Gasteiger partial charge in [-0.15, -0.1) is 0 Å². The molecule has 1 fully saturated rings. The highest BCUT2D eigenvalue weighted by Crippen LogP contribution is 2.30. The van der Waals surface area contributed by atoms with E-state index < -0.39 is 0 Å². The van der Waals surface area contributed by atoms with E-state index in [1.54, 1.807) is 0 Å². The molecular formula is C16H23NO. The second-order valence-corrected chi connectivity index (χ2v) is 5.62. The predicted molar refractivity (Wildman–Crippen MR) is 74.2 cm³/mol. The van der Waals surface area contributed by atoms with E-state index in [1.807, 2.05) is 6.07 Å². The van der Waals surface area contributed by atoms with Gasteiger partial charge in [0.2, 0.25) is 0 Å². The minimum absolute atomic E-state index is 0.139. The third kappa shape index (κ3) is 2.35. The van der Waals surface area contributed by atoms with Crippen LogP contribution in [0.3, 0.4) is 0 Å². The molecule has 98 valence electrons. The predicted octanol–water partition coefficient (Wildman–Crippen LogP) is 3.12. The molecule has 1 heterocycles. The Balaban J connectivity index is 2.18. The number of ketones is 1. The normalized spacial score (nSPS) is 33.7. The second kappa shape index (κ2) is 5.23. The zero-order chi connectivity index (χ0) is 13.3. The Kier molecular flexibility index (Phi) is 3.86. The first-order valence-corrected chi connectivity index (χ1v) is 6.85. The van der Waals surface area contributed by atoms with Gasteiger partial charge < -0.3 is 0 Å². The number of piperidine rings is 1. The third-order valence-corrected chi connectivity index (χ3v) is 4.60. The van der Waals surface area contributed by atoms with E-state index in [0.717, 1.165) is 6.54 Å². The van der Waals surface area contributed by atoms with Crippen molar-refractivity contribution in [3.05, 3.63) is 35.9 Å². The monoisotopic (exact) mass is 245 g/mol. The molecule has 18 heavy (non-hydrogen) atoms. The van der Waals surface area contributed by atoms with E-state index >= 15 is 0 Å². The molecule has 0 N–H and O–H groups in total. The van der Waals surface area contributed by atoms with Crippen LogP contribution in [0, 0.1) is 11.8 Å². The summed E-state index contributed by atoms with van der Waals surface area (Å²) in [6.45, 7) is 9.41. The Morgan fingerprint density at radius 2 is 1.44 bits per heavy atom. The number of likely N-dealkylation sites (tertiary alicyclic amines) is 1. The fourth-order valence-corrected chi connectivity index (χ4v) is 2.92. The fraction of sp³-hybridized carbons (Fsp3) is 0.562. The lowest BCUT2D eigenvalue weighted by Crippen LogP contribution is -2.55. The maximum atomic E-state index is 12.1. The van der Waals surface area contributed by atoms with Crippen molar-refractivity contribution in [1.82, 2.24) is 4.90 Å². The average Bonchev–Trinajstić information content (AvgIpc) is 2.40. The van der Waals surface area contributed by atoms with Crippen molar-refractivity contribution in [3.8, 4) is 0 Å². The molecule has 1 aliphatic rings. The number of Topliss-reactive ketones (excluding diaryl/α,β-unsaturated/α-hetero) is 1. The Hall–Kier alpha value is -1.15. The SMILES string of the molecule is C[C@@H]1C(=O)[C@H](C)[C@@H](C)N(Cc2ccccc2)[C@H]1C. The van der Waals surface area contributed by atoms with Gasteiger partial charge in [-0.3, -0.25) is 9.69 Å². The first kappa shape index (κ1) is 13.3. The molecule has 1 saturated heterocycles. The van der Waals surface area contributed by atoms with Crippen LogP contribution in [0.4, 0.5) is 0 Å². The Morgan fingerprint density at radius 3 is 1.94 bits per heavy atom. The minimum Gasteiger partial charge on any atom is -0.299 e. The molecule has 1 aromatic carbocycles. The molecule has 2 heteroatoms. The molecule has 0 unspecified atom stereocenters. The average molecular weight is 245 g/mol. The van der Waals surface area contributed by atoms with Crippen molar-refractivity contribution in [3.63, 3.8) is 0 Å². The van der Waals surface area contributed by atoms with Gasteiger partial charge >= 0.3 is 0 Å². The highest BCUT2D eigenvalue weighted by atomic mass is 16.1. The highest BCUT2D eigenvalue weighted by Gasteiger charge is 2.40. The standard InChI is InChI=1S/C16H23NO/c1-11-13(3)17(14(4)12(2)16(11)18)10-15-8-6-5-7-9-15/h5-9,11-14H,10H2,1-4H3/t11-,12+,13-,14+.